The lowest BCUT2D eigenvalue weighted by Gasteiger charge is -2.31. The zero-order valence-electron chi connectivity index (χ0n) is 13.0. The average molecular weight is 342 g/mol. The van der Waals surface area contributed by atoms with E-state index in [9.17, 15) is 13.2 Å². The third-order valence-electron chi connectivity index (χ3n) is 4.49. The number of nitrogens with one attached hydrogen (secondary N) is 1. The second-order valence-corrected chi connectivity index (χ2v) is 10.1. The Hall–Kier alpha value is -0.920. The van der Waals surface area contributed by atoms with Gasteiger partial charge in [0.1, 0.15) is 4.21 Å². The van der Waals surface area contributed by atoms with E-state index < -0.39 is 10.0 Å². The number of hydrogen-bond donors (Lipinski definition) is 1. The fraction of sp³-hybridized carbons (Fsp3) is 0.667. The van der Waals surface area contributed by atoms with Crippen molar-refractivity contribution < 1.29 is 13.2 Å². The highest BCUT2D eigenvalue weighted by Crippen LogP contribution is 2.35. The van der Waals surface area contributed by atoms with Gasteiger partial charge in [-0.05, 0) is 51.7 Å². The molecule has 2 heterocycles. The molecule has 1 aromatic heterocycles. The minimum absolute atomic E-state index is 0.00209. The molecular weight excluding hydrogens is 320 g/mol. The van der Waals surface area contributed by atoms with E-state index in [0.717, 1.165) is 30.6 Å². The first kappa shape index (κ1) is 16.0. The first-order valence-corrected chi connectivity index (χ1v) is 9.94. The van der Waals surface area contributed by atoms with Crippen LogP contribution in [0.5, 0.6) is 0 Å². The lowest BCUT2D eigenvalue weighted by molar-refractivity contribution is -0.126. The van der Waals surface area contributed by atoms with Crippen molar-refractivity contribution in [2.24, 2.45) is 5.92 Å². The van der Waals surface area contributed by atoms with Crippen molar-refractivity contribution in [2.75, 3.05) is 13.1 Å². The average Bonchev–Trinajstić information content (AvgIpc) is 3.02. The maximum Gasteiger partial charge on any atom is 0.252 e. The molecule has 5 nitrogen and oxygen atoms in total. The van der Waals surface area contributed by atoms with Crippen LogP contribution in [0.15, 0.2) is 16.3 Å². The third kappa shape index (κ3) is 3.21. The minimum atomic E-state index is -3.46. The van der Waals surface area contributed by atoms with E-state index in [1.807, 2.05) is 19.9 Å². The molecule has 1 aromatic rings. The molecule has 7 heteroatoms. The molecule has 2 fully saturated rings. The second kappa shape index (κ2) is 5.62. The summed E-state index contributed by atoms with van der Waals surface area (Å²) in [5, 5.41) is 3.06. The summed E-state index contributed by atoms with van der Waals surface area (Å²) in [6.45, 7) is 4.73. The van der Waals surface area contributed by atoms with Gasteiger partial charge in [0.2, 0.25) is 5.91 Å². The Balaban J connectivity index is 1.71. The van der Waals surface area contributed by atoms with Crippen LogP contribution < -0.4 is 5.32 Å². The molecule has 0 aromatic carbocycles. The molecule has 1 saturated carbocycles. The van der Waals surface area contributed by atoms with Crippen LogP contribution in [0.1, 0.15) is 37.5 Å². The Morgan fingerprint density at radius 2 is 2.14 bits per heavy atom. The van der Waals surface area contributed by atoms with E-state index in [-0.39, 0.29) is 17.4 Å². The molecule has 0 unspecified atom stereocenters. The summed E-state index contributed by atoms with van der Waals surface area (Å²) in [5.41, 5.74) is -0.0525. The van der Waals surface area contributed by atoms with Crippen LogP contribution in [0, 0.1) is 12.8 Å². The number of amides is 1. The first-order valence-electron chi connectivity index (χ1n) is 7.69. The lowest BCUT2D eigenvalue weighted by atomic mass is 9.98. The van der Waals surface area contributed by atoms with Crippen molar-refractivity contribution in [3.05, 3.63) is 17.0 Å². The zero-order valence-corrected chi connectivity index (χ0v) is 14.6. The Kier molecular flexibility index (Phi) is 4.07. The molecule has 2 aliphatic rings. The summed E-state index contributed by atoms with van der Waals surface area (Å²) in [6.07, 6.45) is 3.53. The van der Waals surface area contributed by atoms with Crippen molar-refractivity contribution in [3.63, 3.8) is 0 Å². The first-order chi connectivity index (χ1) is 10.3. The van der Waals surface area contributed by atoms with Gasteiger partial charge >= 0.3 is 0 Å². The van der Waals surface area contributed by atoms with Crippen LogP contribution in [-0.4, -0.2) is 37.3 Å². The highest BCUT2D eigenvalue weighted by Gasteiger charge is 2.41. The van der Waals surface area contributed by atoms with Gasteiger partial charge in [-0.1, -0.05) is 0 Å². The van der Waals surface area contributed by atoms with E-state index >= 15 is 0 Å². The topological polar surface area (TPSA) is 66.5 Å². The Labute approximate surface area is 135 Å². The standard InChI is InChI=1S/C15H22N2O3S2/c1-11-5-6-13(21-11)22(19,20)17-9-3-4-12(10-17)14(18)16-15(2)7-8-15/h5-6,12H,3-4,7-10H2,1-2H3,(H,16,18)/t12-/m1/s1. The number of piperidine rings is 1. The maximum atomic E-state index is 12.7. The highest BCUT2D eigenvalue weighted by atomic mass is 32.2. The number of nitrogens with zero attached hydrogens (tertiary/aromatic N) is 1. The van der Waals surface area contributed by atoms with E-state index in [4.69, 9.17) is 0 Å². The SMILES string of the molecule is Cc1ccc(S(=O)(=O)N2CCC[C@@H](C(=O)NC3(C)CC3)C2)s1. The van der Waals surface area contributed by atoms with Crippen LogP contribution in [-0.2, 0) is 14.8 Å². The van der Waals surface area contributed by atoms with E-state index in [2.05, 4.69) is 5.32 Å². The molecular formula is C15H22N2O3S2. The van der Waals surface area contributed by atoms with Gasteiger partial charge in [-0.3, -0.25) is 4.79 Å². The Morgan fingerprint density at radius 3 is 2.73 bits per heavy atom. The summed E-state index contributed by atoms with van der Waals surface area (Å²) in [5.74, 6) is -0.232. The summed E-state index contributed by atoms with van der Waals surface area (Å²) < 4.78 is 27.2. The largest absolute Gasteiger partial charge is 0.351 e. The predicted octanol–water partition coefficient (Wildman–Crippen LogP) is 2.13. The van der Waals surface area contributed by atoms with Gasteiger partial charge in [0.15, 0.2) is 0 Å². The van der Waals surface area contributed by atoms with E-state index in [1.165, 1.54) is 15.6 Å². The van der Waals surface area contributed by atoms with Gasteiger partial charge in [0, 0.05) is 23.5 Å². The van der Waals surface area contributed by atoms with E-state index in [0.29, 0.717) is 17.3 Å². The third-order valence-corrected chi connectivity index (χ3v) is 7.82. The van der Waals surface area contributed by atoms with Gasteiger partial charge < -0.3 is 5.32 Å². The van der Waals surface area contributed by atoms with Crippen molar-refractivity contribution >= 4 is 27.3 Å². The molecule has 0 bridgehead atoms. The van der Waals surface area contributed by atoms with Crippen LogP contribution >= 0.6 is 11.3 Å². The monoisotopic (exact) mass is 342 g/mol. The number of carbonyl (C=O) groups is 1. The molecule has 1 atom stereocenters. The number of aryl methyl sites for hydroxylation is 1. The normalized spacial score (nSPS) is 24.9. The van der Waals surface area contributed by atoms with Gasteiger partial charge in [0.25, 0.3) is 10.0 Å². The molecule has 1 saturated heterocycles. The molecule has 1 aliphatic heterocycles. The van der Waals surface area contributed by atoms with Crippen LogP contribution in [0.4, 0.5) is 0 Å². The molecule has 122 valence electrons. The summed E-state index contributed by atoms with van der Waals surface area (Å²) in [6, 6.07) is 3.48. The summed E-state index contributed by atoms with van der Waals surface area (Å²) in [7, 11) is -3.46. The van der Waals surface area contributed by atoms with Crippen molar-refractivity contribution in [3.8, 4) is 0 Å². The fourth-order valence-corrected chi connectivity index (χ4v) is 5.73. The van der Waals surface area contributed by atoms with Gasteiger partial charge in [-0.25, -0.2) is 8.42 Å². The molecule has 0 radical (unpaired) electrons. The number of carbonyl (C=O) groups excluding carboxylic acids is 1. The number of hydrogen-bond acceptors (Lipinski definition) is 4. The molecule has 22 heavy (non-hydrogen) atoms. The van der Waals surface area contributed by atoms with E-state index in [1.54, 1.807) is 6.07 Å². The summed E-state index contributed by atoms with van der Waals surface area (Å²) in [4.78, 5) is 13.3. The van der Waals surface area contributed by atoms with Gasteiger partial charge in [-0.15, -0.1) is 11.3 Å². The quantitative estimate of drug-likeness (QED) is 0.911. The van der Waals surface area contributed by atoms with Crippen molar-refractivity contribution in [1.82, 2.24) is 9.62 Å². The van der Waals surface area contributed by atoms with Crippen LogP contribution in [0.3, 0.4) is 0 Å². The predicted molar refractivity (Wildman–Crippen MR) is 86.3 cm³/mol. The Bertz CT molecular complexity index is 677. The van der Waals surface area contributed by atoms with Crippen LogP contribution in [0.25, 0.3) is 0 Å². The molecule has 3 rings (SSSR count). The lowest BCUT2D eigenvalue weighted by Crippen LogP contribution is -2.47. The maximum absolute atomic E-state index is 12.7. The number of rotatable bonds is 4. The molecule has 1 amide bonds. The highest BCUT2D eigenvalue weighted by molar-refractivity contribution is 7.91. The molecule has 0 spiro atoms. The summed E-state index contributed by atoms with van der Waals surface area (Å²) >= 11 is 1.29. The molecule has 1 aliphatic carbocycles. The molecule has 1 N–H and O–H groups in total. The Morgan fingerprint density at radius 1 is 1.41 bits per heavy atom. The number of sulfonamides is 1. The zero-order chi connectivity index (χ0) is 16.0. The van der Waals surface area contributed by atoms with Crippen molar-refractivity contribution in [1.29, 1.82) is 0 Å². The van der Waals surface area contributed by atoms with Crippen LogP contribution in [0.2, 0.25) is 0 Å². The number of thiophene rings is 1. The smallest absolute Gasteiger partial charge is 0.252 e. The second-order valence-electron chi connectivity index (χ2n) is 6.62. The fourth-order valence-electron chi connectivity index (χ4n) is 2.76. The van der Waals surface area contributed by atoms with Crippen molar-refractivity contribution in [2.45, 2.75) is 49.3 Å². The van der Waals surface area contributed by atoms with Gasteiger partial charge in [-0.2, -0.15) is 4.31 Å². The van der Waals surface area contributed by atoms with Gasteiger partial charge in [0.05, 0.1) is 5.92 Å². The minimum Gasteiger partial charge on any atom is -0.351 e.